The summed E-state index contributed by atoms with van der Waals surface area (Å²) in [5, 5.41) is 13.1. The molecule has 0 bridgehead atoms. The Morgan fingerprint density at radius 1 is 1.35 bits per heavy atom. The molecule has 106 valence electrons. The predicted octanol–water partition coefficient (Wildman–Crippen LogP) is 3.19. The Kier molecular flexibility index (Phi) is 4.39. The van der Waals surface area contributed by atoms with Crippen LogP contribution < -0.4 is 5.32 Å². The molecule has 0 spiro atoms. The summed E-state index contributed by atoms with van der Waals surface area (Å²) in [5.74, 6) is -0.196. The maximum atomic E-state index is 11.3. The van der Waals surface area contributed by atoms with E-state index in [1.54, 1.807) is 0 Å². The van der Waals surface area contributed by atoms with Gasteiger partial charge in [-0.05, 0) is 36.1 Å². The van der Waals surface area contributed by atoms with E-state index in [4.69, 9.17) is 11.6 Å². The molecule has 0 aliphatic carbocycles. The summed E-state index contributed by atoms with van der Waals surface area (Å²) in [6.45, 7) is 3.95. The number of hydrogen-bond donors (Lipinski definition) is 2. The van der Waals surface area contributed by atoms with Crippen molar-refractivity contribution in [1.82, 2.24) is 9.97 Å². The van der Waals surface area contributed by atoms with Gasteiger partial charge >= 0.3 is 5.97 Å². The van der Waals surface area contributed by atoms with Gasteiger partial charge in [-0.2, -0.15) is 0 Å². The van der Waals surface area contributed by atoms with Crippen molar-refractivity contribution in [2.24, 2.45) is 5.92 Å². The second-order valence-corrected chi connectivity index (χ2v) is 5.36. The lowest BCUT2D eigenvalue weighted by molar-refractivity contribution is -0.138. The smallest absolute Gasteiger partial charge is 0.326 e. The van der Waals surface area contributed by atoms with Crippen LogP contribution in [0.5, 0.6) is 0 Å². The number of para-hydroxylation sites is 1. The lowest BCUT2D eigenvalue weighted by atomic mass is 10.0. The van der Waals surface area contributed by atoms with Crippen molar-refractivity contribution in [1.29, 1.82) is 0 Å². The molecule has 2 N–H and O–H groups in total. The number of nitrogens with one attached hydrogen (secondary N) is 1. The standard InChI is InChI=1S/C14H16ClN3O2/c1-8(2)7-11(13(19)20)16-12-9-5-3-4-6-10(9)17-14(15)18-12/h3-6,8,11H,7H2,1-2H3,(H,19,20)(H,16,17,18). The summed E-state index contributed by atoms with van der Waals surface area (Å²) in [6.07, 6.45) is 0.505. The number of aliphatic carboxylic acids is 1. The minimum absolute atomic E-state index is 0.0971. The topological polar surface area (TPSA) is 75.1 Å². The summed E-state index contributed by atoms with van der Waals surface area (Å²) in [6, 6.07) is 6.64. The Morgan fingerprint density at radius 3 is 2.70 bits per heavy atom. The molecule has 0 saturated heterocycles. The third-order valence-electron chi connectivity index (χ3n) is 2.89. The van der Waals surface area contributed by atoms with Gasteiger partial charge in [0.2, 0.25) is 5.28 Å². The van der Waals surface area contributed by atoms with Crippen LogP contribution in [0.3, 0.4) is 0 Å². The highest BCUT2D eigenvalue weighted by Crippen LogP contribution is 2.23. The van der Waals surface area contributed by atoms with Crippen molar-refractivity contribution in [3.05, 3.63) is 29.5 Å². The maximum absolute atomic E-state index is 11.3. The Bertz CT molecular complexity index is 631. The molecule has 0 saturated carbocycles. The van der Waals surface area contributed by atoms with Gasteiger partial charge in [0.05, 0.1) is 5.52 Å². The summed E-state index contributed by atoms with van der Waals surface area (Å²) in [7, 11) is 0. The first-order valence-corrected chi connectivity index (χ1v) is 6.77. The average Bonchev–Trinajstić information content (AvgIpc) is 2.37. The second kappa shape index (κ2) is 6.05. The molecule has 5 nitrogen and oxygen atoms in total. The number of nitrogens with zero attached hydrogens (tertiary/aromatic N) is 2. The first kappa shape index (κ1) is 14.5. The Balaban J connectivity index is 2.38. The van der Waals surface area contributed by atoms with Gasteiger partial charge in [-0.25, -0.2) is 14.8 Å². The fraction of sp³-hybridized carbons (Fsp3) is 0.357. The van der Waals surface area contributed by atoms with Gasteiger partial charge in [0.15, 0.2) is 0 Å². The molecule has 1 heterocycles. The molecular weight excluding hydrogens is 278 g/mol. The van der Waals surface area contributed by atoms with Crippen LogP contribution in [0.2, 0.25) is 5.28 Å². The highest BCUT2D eigenvalue weighted by molar-refractivity contribution is 6.28. The lowest BCUT2D eigenvalue weighted by Gasteiger charge is -2.18. The number of fused-ring (bicyclic) bond motifs is 1. The van der Waals surface area contributed by atoms with Gasteiger partial charge in [0.1, 0.15) is 11.9 Å². The number of aromatic nitrogens is 2. The zero-order valence-corrected chi connectivity index (χ0v) is 12.1. The van der Waals surface area contributed by atoms with Crippen LogP contribution in [0.25, 0.3) is 10.9 Å². The van der Waals surface area contributed by atoms with Crippen LogP contribution in [0.15, 0.2) is 24.3 Å². The van der Waals surface area contributed by atoms with E-state index in [0.717, 1.165) is 5.39 Å². The number of carboxylic acid groups (broad SMARTS) is 1. The minimum atomic E-state index is -0.905. The first-order chi connectivity index (χ1) is 9.47. The number of anilines is 1. The molecule has 1 atom stereocenters. The molecule has 0 aliphatic rings. The molecule has 20 heavy (non-hydrogen) atoms. The lowest BCUT2D eigenvalue weighted by Crippen LogP contribution is -2.31. The fourth-order valence-electron chi connectivity index (χ4n) is 2.02. The molecule has 1 aromatic carbocycles. The van der Waals surface area contributed by atoms with Crippen LogP contribution in [0.4, 0.5) is 5.82 Å². The van der Waals surface area contributed by atoms with Gasteiger partial charge in [0.25, 0.3) is 0 Å². The monoisotopic (exact) mass is 293 g/mol. The van der Waals surface area contributed by atoms with Gasteiger partial charge in [-0.1, -0.05) is 26.0 Å². The molecule has 2 aromatic rings. The van der Waals surface area contributed by atoms with Gasteiger partial charge in [0, 0.05) is 5.39 Å². The van der Waals surface area contributed by atoms with Crippen molar-refractivity contribution in [3.8, 4) is 0 Å². The Hall–Kier alpha value is -1.88. The van der Waals surface area contributed by atoms with Crippen LogP contribution in [0.1, 0.15) is 20.3 Å². The van der Waals surface area contributed by atoms with Gasteiger partial charge in [-0.15, -0.1) is 0 Å². The van der Waals surface area contributed by atoms with E-state index in [1.807, 2.05) is 38.1 Å². The molecule has 1 aromatic heterocycles. The predicted molar refractivity (Wildman–Crippen MR) is 79.0 cm³/mol. The van der Waals surface area contributed by atoms with Crippen molar-refractivity contribution < 1.29 is 9.90 Å². The number of hydrogen-bond acceptors (Lipinski definition) is 4. The zero-order valence-electron chi connectivity index (χ0n) is 11.3. The fourth-order valence-corrected chi connectivity index (χ4v) is 2.19. The normalized spacial score (nSPS) is 12.6. The highest BCUT2D eigenvalue weighted by atomic mass is 35.5. The van der Waals surface area contributed by atoms with E-state index in [1.165, 1.54) is 0 Å². The van der Waals surface area contributed by atoms with Crippen LogP contribution in [0, 0.1) is 5.92 Å². The van der Waals surface area contributed by atoms with Crippen LogP contribution in [-0.4, -0.2) is 27.1 Å². The molecule has 6 heteroatoms. The molecule has 0 aliphatic heterocycles. The summed E-state index contributed by atoms with van der Waals surface area (Å²) < 4.78 is 0. The highest BCUT2D eigenvalue weighted by Gasteiger charge is 2.20. The van der Waals surface area contributed by atoms with E-state index < -0.39 is 12.0 Å². The minimum Gasteiger partial charge on any atom is -0.480 e. The third kappa shape index (κ3) is 3.36. The molecule has 0 fully saturated rings. The molecule has 2 rings (SSSR count). The van der Waals surface area contributed by atoms with Gasteiger partial charge < -0.3 is 10.4 Å². The average molecular weight is 294 g/mol. The number of carbonyl (C=O) groups is 1. The van der Waals surface area contributed by atoms with Crippen LogP contribution >= 0.6 is 11.6 Å². The number of halogens is 1. The van der Waals surface area contributed by atoms with Crippen molar-refractivity contribution >= 4 is 34.3 Å². The third-order valence-corrected chi connectivity index (χ3v) is 3.06. The Labute approximate surface area is 122 Å². The quantitative estimate of drug-likeness (QED) is 0.828. The second-order valence-electron chi connectivity index (χ2n) is 5.02. The van der Waals surface area contributed by atoms with E-state index in [0.29, 0.717) is 17.8 Å². The van der Waals surface area contributed by atoms with Crippen molar-refractivity contribution in [2.75, 3.05) is 5.32 Å². The van der Waals surface area contributed by atoms with E-state index in [9.17, 15) is 9.90 Å². The number of rotatable bonds is 5. The largest absolute Gasteiger partial charge is 0.480 e. The van der Waals surface area contributed by atoms with Gasteiger partial charge in [-0.3, -0.25) is 0 Å². The van der Waals surface area contributed by atoms with E-state index in [-0.39, 0.29) is 11.2 Å². The maximum Gasteiger partial charge on any atom is 0.326 e. The molecule has 1 unspecified atom stereocenters. The molecular formula is C14H16ClN3O2. The first-order valence-electron chi connectivity index (χ1n) is 6.39. The summed E-state index contributed by atoms with van der Waals surface area (Å²) in [4.78, 5) is 19.5. The number of carboxylic acids is 1. The van der Waals surface area contributed by atoms with Crippen LogP contribution in [-0.2, 0) is 4.79 Å². The van der Waals surface area contributed by atoms with E-state index >= 15 is 0 Å². The zero-order chi connectivity index (χ0) is 14.7. The van der Waals surface area contributed by atoms with Crippen molar-refractivity contribution in [3.63, 3.8) is 0 Å². The summed E-state index contributed by atoms with van der Waals surface area (Å²) >= 11 is 5.88. The Morgan fingerprint density at radius 2 is 2.05 bits per heavy atom. The van der Waals surface area contributed by atoms with E-state index in [2.05, 4.69) is 15.3 Å². The number of benzene rings is 1. The SMILES string of the molecule is CC(C)CC(Nc1nc(Cl)nc2ccccc12)C(=O)O. The molecule has 0 radical (unpaired) electrons. The molecule has 0 amide bonds. The van der Waals surface area contributed by atoms with Crippen molar-refractivity contribution in [2.45, 2.75) is 26.3 Å². The summed E-state index contributed by atoms with van der Waals surface area (Å²) in [5.41, 5.74) is 0.684.